The largest absolute Gasteiger partial charge is 0.481 e. The standard InChI is InChI=1S/C10H15NO9/c12-7(13)1-2-8(14)19-5-3-17-10-6(20-11(15)16)4-18-9(5)10/h5-6,9-10,15-16H,1-4H2,(H,12,13)/t5-,6-,9+,10+/m0/s1. The van der Waals surface area contributed by atoms with Crippen LogP contribution < -0.4 is 0 Å². The van der Waals surface area contributed by atoms with Gasteiger partial charge >= 0.3 is 11.9 Å². The van der Waals surface area contributed by atoms with Gasteiger partial charge < -0.3 is 19.3 Å². The number of carboxylic acids is 1. The van der Waals surface area contributed by atoms with Gasteiger partial charge in [-0.2, -0.15) is 0 Å². The van der Waals surface area contributed by atoms with E-state index in [0.717, 1.165) is 0 Å². The van der Waals surface area contributed by atoms with E-state index in [1.54, 1.807) is 0 Å². The van der Waals surface area contributed by atoms with Gasteiger partial charge in [-0.05, 0) is 0 Å². The molecular weight excluding hydrogens is 278 g/mol. The molecule has 3 N–H and O–H groups in total. The highest BCUT2D eigenvalue weighted by Gasteiger charge is 2.50. The van der Waals surface area contributed by atoms with Gasteiger partial charge in [0.1, 0.15) is 18.3 Å². The van der Waals surface area contributed by atoms with Gasteiger partial charge in [-0.25, -0.2) is 4.84 Å². The SMILES string of the molecule is O=C(O)CCC(=O)O[C@H]1CO[C@H]2[C@@H]1OC[C@@H]2ON(O)O. The molecule has 4 atom stereocenters. The van der Waals surface area contributed by atoms with Crippen molar-refractivity contribution in [1.29, 1.82) is 0 Å². The predicted molar refractivity (Wildman–Crippen MR) is 56.5 cm³/mol. The topological polar surface area (TPSA) is 135 Å². The summed E-state index contributed by atoms with van der Waals surface area (Å²) in [5, 5.41) is 25.2. The number of rotatable bonds is 6. The van der Waals surface area contributed by atoms with Crippen LogP contribution in [0, 0.1) is 0 Å². The molecule has 0 aromatic rings. The minimum atomic E-state index is -1.08. The molecule has 2 aliphatic heterocycles. The van der Waals surface area contributed by atoms with E-state index in [4.69, 9.17) is 29.7 Å². The van der Waals surface area contributed by atoms with Crippen LogP contribution in [0.15, 0.2) is 0 Å². The van der Waals surface area contributed by atoms with Crippen molar-refractivity contribution in [2.24, 2.45) is 0 Å². The van der Waals surface area contributed by atoms with Gasteiger partial charge in [-0.3, -0.25) is 20.0 Å². The predicted octanol–water partition coefficient (Wildman–Crippen LogP) is -1.06. The minimum Gasteiger partial charge on any atom is -0.481 e. The lowest BCUT2D eigenvalue weighted by Crippen LogP contribution is -2.37. The normalized spacial score (nSPS) is 32.4. The van der Waals surface area contributed by atoms with Crippen LogP contribution in [0.2, 0.25) is 0 Å². The Bertz CT molecular complexity index is 374. The van der Waals surface area contributed by atoms with Crippen molar-refractivity contribution in [3.05, 3.63) is 0 Å². The summed E-state index contributed by atoms with van der Waals surface area (Å²) >= 11 is 0. The van der Waals surface area contributed by atoms with Crippen molar-refractivity contribution in [2.75, 3.05) is 13.2 Å². The molecule has 0 aliphatic carbocycles. The smallest absolute Gasteiger partial charge is 0.306 e. The van der Waals surface area contributed by atoms with E-state index in [1.807, 2.05) is 0 Å². The van der Waals surface area contributed by atoms with Crippen LogP contribution in [0.3, 0.4) is 0 Å². The molecule has 0 unspecified atom stereocenters. The van der Waals surface area contributed by atoms with E-state index >= 15 is 0 Å². The molecule has 2 aliphatic rings. The summed E-state index contributed by atoms with van der Waals surface area (Å²) < 4.78 is 15.8. The molecule has 20 heavy (non-hydrogen) atoms. The lowest BCUT2D eigenvalue weighted by Gasteiger charge is -2.17. The molecule has 2 fully saturated rings. The third-order valence-electron chi connectivity index (χ3n) is 3.02. The Morgan fingerprint density at radius 3 is 2.30 bits per heavy atom. The monoisotopic (exact) mass is 293 g/mol. The van der Waals surface area contributed by atoms with E-state index in [0.29, 0.717) is 0 Å². The van der Waals surface area contributed by atoms with Gasteiger partial charge in [0.05, 0.1) is 31.4 Å². The van der Waals surface area contributed by atoms with Crippen molar-refractivity contribution in [2.45, 2.75) is 37.3 Å². The maximum atomic E-state index is 11.4. The number of esters is 1. The third kappa shape index (κ3) is 3.62. The van der Waals surface area contributed by atoms with Crippen LogP contribution in [-0.2, 0) is 28.6 Å². The number of ether oxygens (including phenoxy) is 3. The van der Waals surface area contributed by atoms with Crippen molar-refractivity contribution in [3.8, 4) is 0 Å². The van der Waals surface area contributed by atoms with E-state index in [9.17, 15) is 9.59 Å². The van der Waals surface area contributed by atoms with Crippen molar-refractivity contribution in [3.63, 3.8) is 0 Å². The number of carbonyl (C=O) groups excluding carboxylic acids is 1. The van der Waals surface area contributed by atoms with E-state index in [-0.39, 0.29) is 26.1 Å². The van der Waals surface area contributed by atoms with Crippen LogP contribution in [0.25, 0.3) is 0 Å². The van der Waals surface area contributed by atoms with E-state index < -0.39 is 41.7 Å². The minimum absolute atomic E-state index is 0.0517. The summed E-state index contributed by atoms with van der Waals surface area (Å²) in [5.41, 5.74) is 0. The summed E-state index contributed by atoms with van der Waals surface area (Å²) in [6, 6.07) is 0. The second kappa shape index (κ2) is 6.43. The summed E-state index contributed by atoms with van der Waals surface area (Å²) in [6.45, 7) is 0.126. The molecule has 0 bridgehead atoms. The highest BCUT2D eigenvalue weighted by atomic mass is 17.1. The van der Waals surface area contributed by atoms with Gasteiger partial charge in [-0.15, -0.1) is 0 Å². The molecule has 0 spiro atoms. The summed E-state index contributed by atoms with van der Waals surface area (Å²) in [5.74, 6) is -1.74. The zero-order valence-electron chi connectivity index (χ0n) is 10.4. The van der Waals surface area contributed by atoms with Gasteiger partial charge in [0.15, 0.2) is 6.10 Å². The van der Waals surface area contributed by atoms with Gasteiger partial charge in [0, 0.05) is 0 Å². The Labute approximate surface area is 113 Å². The van der Waals surface area contributed by atoms with Gasteiger partial charge in [-0.1, -0.05) is 0 Å². The second-order valence-electron chi connectivity index (χ2n) is 4.41. The Morgan fingerprint density at radius 2 is 1.70 bits per heavy atom. The number of fused-ring (bicyclic) bond motifs is 1. The first-order valence-corrected chi connectivity index (χ1v) is 5.96. The summed E-state index contributed by atoms with van der Waals surface area (Å²) in [4.78, 5) is 26.4. The number of carbonyl (C=O) groups is 2. The van der Waals surface area contributed by atoms with Crippen LogP contribution in [0.5, 0.6) is 0 Å². The highest BCUT2D eigenvalue weighted by Crippen LogP contribution is 2.30. The molecule has 2 saturated heterocycles. The molecule has 0 aromatic carbocycles. The zero-order valence-corrected chi connectivity index (χ0v) is 10.4. The van der Waals surface area contributed by atoms with Crippen LogP contribution in [-0.4, -0.2) is 70.5 Å². The van der Waals surface area contributed by atoms with Crippen LogP contribution >= 0.6 is 0 Å². The Kier molecular flexibility index (Phi) is 4.86. The van der Waals surface area contributed by atoms with Gasteiger partial charge in [0.2, 0.25) is 0 Å². The quantitative estimate of drug-likeness (QED) is 0.410. The Balaban J connectivity index is 1.81. The molecular formula is C10H15NO9. The number of nitrogens with zero attached hydrogens (tertiary/aromatic N) is 1. The average molecular weight is 293 g/mol. The van der Waals surface area contributed by atoms with Gasteiger partial charge in [0.25, 0.3) is 0 Å². The molecule has 114 valence electrons. The fraction of sp³-hybridized carbons (Fsp3) is 0.800. The molecule has 0 amide bonds. The van der Waals surface area contributed by atoms with E-state index in [2.05, 4.69) is 4.84 Å². The third-order valence-corrected chi connectivity index (χ3v) is 3.02. The Hall–Kier alpha value is -1.30. The number of carboxylic acid groups (broad SMARTS) is 1. The second-order valence-corrected chi connectivity index (χ2v) is 4.41. The van der Waals surface area contributed by atoms with Crippen molar-refractivity contribution in [1.82, 2.24) is 5.39 Å². The lowest BCUT2D eigenvalue weighted by molar-refractivity contribution is -0.507. The average Bonchev–Trinajstić information content (AvgIpc) is 2.91. The van der Waals surface area contributed by atoms with Crippen LogP contribution in [0.4, 0.5) is 0 Å². The maximum Gasteiger partial charge on any atom is 0.306 e. The summed E-state index contributed by atoms with van der Waals surface area (Å²) in [7, 11) is 0. The molecule has 10 heteroatoms. The molecule has 0 radical (unpaired) electrons. The molecule has 2 rings (SSSR count). The molecule has 0 saturated carbocycles. The number of hydrogen-bond acceptors (Lipinski definition) is 9. The fourth-order valence-corrected chi connectivity index (χ4v) is 2.18. The highest BCUT2D eigenvalue weighted by molar-refractivity contribution is 5.76. The molecule has 2 heterocycles. The molecule has 10 nitrogen and oxygen atoms in total. The lowest BCUT2D eigenvalue weighted by atomic mass is 10.1. The van der Waals surface area contributed by atoms with Crippen LogP contribution in [0.1, 0.15) is 12.8 Å². The summed E-state index contributed by atoms with van der Waals surface area (Å²) in [6.07, 6.45) is -3.09. The van der Waals surface area contributed by atoms with Crippen molar-refractivity contribution < 1.29 is 44.2 Å². The number of aliphatic carboxylic acids is 1. The first-order valence-electron chi connectivity index (χ1n) is 5.96. The Morgan fingerprint density at radius 1 is 1.10 bits per heavy atom. The van der Waals surface area contributed by atoms with E-state index in [1.165, 1.54) is 0 Å². The first-order chi connectivity index (χ1) is 9.47. The first kappa shape index (κ1) is 15.1. The fourth-order valence-electron chi connectivity index (χ4n) is 2.18. The zero-order chi connectivity index (χ0) is 14.7. The molecule has 0 aromatic heterocycles. The maximum absolute atomic E-state index is 11.4. The number of hydrogen-bond donors (Lipinski definition) is 3. The van der Waals surface area contributed by atoms with Crippen molar-refractivity contribution >= 4 is 11.9 Å².